The van der Waals surface area contributed by atoms with Crippen LogP contribution in [0.25, 0.3) is 11.1 Å². The molecule has 0 unspecified atom stereocenters. The van der Waals surface area contributed by atoms with E-state index in [2.05, 4.69) is 46.1 Å². The fourth-order valence-corrected chi connectivity index (χ4v) is 6.38. The number of thiazole rings is 1. The number of carbonyl (C=O) groups is 1. The monoisotopic (exact) mass is 498 g/mol. The van der Waals surface area contributed by atoms with E-state index in [4.69, 9.17) is 9.47 Å². The van der Waals surface area contributed by atoms with Crippen LogP contribution in [0.4, 0.5) is 10.1 Å². The number of aromatic nitrogens is 1. The molecule has 5 rings (SSSR count). The third kappa shape index (κ3) is 5.50. The number of nitrogens with one attached hydrogen (secondary N) is 1. The number of hydrogen-bond donors (Lipinski definition) is 1. The lowest BCUT2D eigenvalue weighted by Crippen LogP contribution is -2.44. The molecule has 9 heteroatoms. The SMILES string of the molecule is C[C@@H]1CN(Cc2csc(NC(=O)c3cc(-c4ccccc4)c(N4CCOCC4)s3)n2)C[C@H](C)O1. The molecule has 2 atom stereocenters. The summed E-state index contributed by atoms with van der Waals surface area (Å²) in [5, 5.41) is 6.81. The first-order valence-electron chi connectivity index (χ1n) is 11.7. The standard InChI is InChI=1S/C25H30N4O3S2/c1-17-13-28(14-18(2)32-17)15-20-16-33-25(26-20)27-23(30)22-12-21(19-6-4-3-5-7-19)24(34-22)29-8-10-31-11-9-29/h3-7,12,16-18H,8-11,13-15H2,1-2H3,(H,26,27,30)/t17-,18+. The van der Waals surface area contributed by atoms with Crippen molar-refractivity contribution in [1.29, 1.82) is 0 Å². The summed E-state index contributed by atoms with van der Waals surface area (Å²) in [5.74, 6) is -0.115. The van der Waals surface area contributed by atoms with E-state index in [0.29, 0.717) is 23.2 Å². The van der Waals surface area contributed by atoms with Crippen LogP contribution in [0.5, 0.6) is 0 Å². The minimum absolute atomic E-state index is 0.115. The normalized spacial score (nSPS) is 21.5. The van der Waals surface area contributed by atoms with E-state index in [9.17, 15) is 4.79 Å². The van der Waals surface area contributed by atoms with E-state index in [0.717, 1.165) is 54.5 Å². The molecule has 7 nitrogen and oxygen atoms in total. The number of benzene rings is 1. The zero-order valence-electron chi connectivity index (χ0n) is 19.5. The molecule has 0 spiro atoms. The molecule has 34 heavy (non-hydrogen) atoms. The highest BCUT2D eigenvalue weighted by Gasteiger charge is 2.24. The Labute approximate surface area is 208 Å². The first kappa shape index (κ1) is 23.4. The van der Waals surface area contributed by atoms with E-state index < -0.39 is 0 Å². The van der Waals surface area contributed by atoms with E-state index in [1.54, 1.807) is 0 Å². The molecule has 0 radical (unpaired) electrons. The van der Waals surface area contributed by atoms with Crippen molar-refractivity contribution in [1.82, 2.24) is 9.88 Å². The van der Waals surface area contributed by atoms with Gasteiger partial charge in [-0.2, -0.15) is 0 Å². The quantitative estimate of drug-likeness (QED) is 0.537. The topological polar surface area (TPSA) is 66.9 Å². The molecule has 3 aromatic rings. The lowest BCUT2D eigenvalue weighted by Gasteiger charge is -2.34. The van der Waals surface area contributed by atoms with Crippen LogP contribution < -0.4 is 10.2 Å². The van der Waals surface area contributed by atoms with Crippen molar-refractivity contribution in [3.05, 3.63) is 52.3 Å². The molecule has 2 fully saturated rings. The minimum atomic E-state index is -0.115. The number of carbonyl (C=O) groups excluding carboxylic acids is 1. The number of ether oxygens (including phenoxy) is 2. The Hall–Kier alpha value is -2.30. The van der Waals surface area contributed by atoms with E-state index in [-0.39, 0.29) is 18.1 Å². The van der Waals surface area contributed by atoms with Crippen LogP contribution in [-0.4, -0.2) is 67.4 Å². The molecule has 1 N–H and O–H groups in total. The van der Waals surface area contributed by atoms with Crippen molar-refractivity contribution in [2.24, 2.45) is 0 Å². The van der Waals surface area contributed by atoms with E-state index in [1.165, 1.54) is 22.7 Å². The largest absolute Gasteiger partial charge is 0.378 e. The Morgan fingerprint density at radius 2 is 1.88 bits per heavy atom. The van der Waals surface area contributed by atoms with Gasteiger partial charge in [0.05, 0.1) is 41.0 Å². The smallest absolute Gasteiger partial charge is 0.267 e. The number of morpholine rings is 2. The van der Waals surface area contributed by atoms with Gasteiger partial charge in [-0.3, -0.25) is 15.0 Å². The first-order valence-corrected chi connectivity index (χ1v) is 13.4. The Morgan fingerprint density at radius 3 is 2.62 bits per heavy atom. The van der Waals surface area contributed by atoms with Gasteiger partial charge in [0.25, 0.3) is 5.91 Å². The molecule has 1 aromatic carbocycles. The molecule has 4 heterocycles. The maximum atomic E-state index is 13.2. The van der Waals surface area contributed by atoms with E-state index in [1.807, 2.05) is 29.6 Å². The highest BCUT2D eigenvalue weighted by molar-refractivity contribution is 7.19. The fourth-order valence-electron chi connectivity index (χ4n) is 4.56. The van der Waals surface area contributed by atoms with Gasteiger partial charge in [0, 0.05) is 43.7 Å². The van der Waals surface area contributed by atoms with Gasteiger partial charge in [-0.1, -0.05) is 30.3 Å². The summed E-state index contributed by atoms with van der Waals surface area (Å²) in [5.41, 5.74) is 3.18. The second-order valence-corrected chi connectivity index (χ2v) is 10.7. The van der Waals surface area contributed by atoms with Crippen LogP contribution in [-0.2, 0) is 16.0 Å². The predicted octanol–water partition coefficient (Wildman–Crippen LogP) is 4.57. The minimum Gasteiger partial charge on any atom is -0.378 e. The number of nitrogens with zero attached hydrogens (tertiary/aromatic N) is 3. The van der Waals surface area contributed by atoms with Gasteiger partial charge in [-0.25, -0.2) is 4.98 Å². The second kappa shape index (κ2) is 10.5. The second-order valence-electron chi connectivity index (χ2n) is 8.84. The zero-order chi connectivity index (χ0) is 23.5. The molecule has 1 amide bonds. The molecule has 2 aromatic heterocycles. The van der Waals surface area contributed by atoms with Crippen LogP contribution in [0.3, 0.4) is 0 Å². The molecular formula is C25H30N4O3S2. The van der Waals surface area contributed by atoms with Crippen LogP contribution in [0.1, 0.15) is 29.2 Å². The fraction of sp³-hybridized carbons (Fsp3) is 0.440. The van der Waals surface area contributed by atoms with Gasteiger partial charge < -0.3 is 14.4 Å². The van der Waals surface area contributed by atoms with Crippen molar-refractivity contribution in [2.45, 2.75) is 32.6 Å². The van der Waals surface area contributed by atoms with Crippen molar-refractivity contribution in [3.8, 4) is 11.1 Å². The van der Waals surface area contributed by atoms with Crippen LogP contribution >= 0.6 is 22.7 Å². The summed E-state index contributed by atoms with van der Waals surface area (Å²) in [6, 6.07) is 12.3. The lowest BCUT2D eigenvalue weighted by molar-refractivity contribution is -0.0707. The van der Waals surface area contributed by atoms with Gasteiger partial charge in [0.2, 0.25) is 0 Å². The number of hydrogen-bond acceptors (Lipinski definition) is 8. The Bertz CT molecular complexity index is 1100. The number of thiophene rings is 1. The van der Waals surface area contributed by atoms with Crippen LogP contribution in [0, 0.1) is 0 Å². The van der Waals surface area contributed by atoms with Gasteiger partial charge in [0.15, 0.2) is 5.13 Å². The Morgan fingerprint density at radius 1 is 1.15 bits per heavy atom. The molecule has 180 valence electrons. The Kier molecular flexibility index (Phi) is 7.26. The summed E-state index contributed by atoms with van der Waals surface area (Å²) in [6.07, 6.45) is 0.444. The average Bonchev–Trinajstić information content (AvgIpc) is 3.47. The van der Waals surface area contributed by atoms with Gasteiger partial charge in [-0.05, 0) is 25.5 Å². The lowest BCUT2D eigenvalue weighted by atomic mass is 10.1. The molecule has 2 saturated heterocycles. The molecule has 2 aliphatic heterocycles. The number of amides is 1. The summed E-state index contributed by atoms with van der Waals surface area (Å²) in [7, 11) is 0. The van der Waals surface area contributed by atoms with Crippen molar-refractivity contribution in [3.63, 3.8) is 0 Å². The number of rotatable bonds is 6. The predicted molar refractivity (Wildman–Crippen MR) is 138 cm³/mol. The summed E-state index contributed by atoms with van der Waals surface area (Å²) < 4.78 is 11.4. The maximum absolute atomic E-state index is 13.2. The average molecular weight is 499 g/mol. The van der Waals surface area contributed by atoms with E-state index >= 15 is 0 Å². The highest BCUT2D eigenvalue weighted by atomic mass is 32.1. The Balaban J connectivity index is 1.31. The molecular weight excluding hydrogens is 468 g/mol. The highest BCUT2D eigenvalue weighted by Crippen LogP contribution is 2.39. The van der Waals surface area contributed by atoms with Gasteiger partial charge in [-0.15, -0.1) is 22.7 Å². The number of anilines is 2. The van der Waals surface area contributed by atoms with Crippen molar-refractivity contribution >= 4 is 38.7 Å². The summed E-state index contributed by atoms with van der Waals surface area (Å²) in [6.45, 7) is 9.83. The molecule has 0 bridgehead atoms. The summed E-state index contributed by atoms with van der Waals surface area (Å²) >= 11 is 3.01. The third-order valence-corrected chi connectivity index (χ3v) is 7.97. The molecule has 0 saturated carbocycles. The summed E-state index contributed by atoms with van der Waals surface area (Å²) in [4.78, 5) is 23.2. The molecule has 0 aliphatic carbocycles. The van der Waals surface area contributed by atoms with Crippen molar-refractivity contribution in [2.75, 3.05) is 49.6 Å². The zero-order valence-corrected chi connectivity index (χ0v) is 21.2. The van der Waals surface area contributed by atoms with Gasteiger partial charge in [0.1, 0.15) is 0 Å². The third-order valence-electron chi connectivity index (χ3n) is 5.97. The van der Waals surface area contributed by atoms with Crippen molar-refractivity contribution < 1.29 is 14.3 Å². The van der Waals surface area contributed by atoms with Gasteiger partial charge >= 0.3 is 0 Å². The molecule has 2 aliphatic rings. The van der Waals surface area contributed by atoms with Crippen LogP contribution in [0.15, 0.2) is 41.8 Å². The first-order chi connectivity index (χ1) is 16.5. The van der Waals surface area contributed by atoms with Crippen LogP contribution in [0.2, 0.25) is 0 Å². The maximum Gasteiger partial charge on any atom is 0.267 e.